The molecule has 7 heteroatoms. The Hall–Kier alpha value is -1.34. The van der Waals surface area contributed by atoms with Crippen LogP contribution in [-0.4, -0.2) is 37.2 Å². The number of aromatic nitrogens is 1. The number of rotatable bonds is 9. The molecule has 0 aliphatic rings. The zero-order valence-electron chi connectivity index (χ0n) is 12.4. The van der Waals surface area contributed by atoms with Crippen molar-refractivity contribution in [2.24, 2.45) is 5.92 Å². The highest BCUT2D eigenvalue weighted by molar-refractivity contribution is 7.18. The maximum Gasteiger partial charge on any atom is 0.265 e. The summed E-state index contributed by atoms with van der Waals surface area (Å²) < 4.78 is 5.45. The molecule has 0 radical (unpaired) electrons. The van der Waals surface area contributed by atoms with Gasteiger partial charge in [-0.15, -0.1) is 0 Å². The molecule has 0 saturated heterocycles. The minimum Gasteiger partial charge on any atom is -0.382 e. The molecule has 1 rings (SSSR count). The van der Waals surface area contributed by atoms with Gasteiger partial charge in [0.05, 0.1) is 0 Å². The summed E-state index contributed by atoms with van der Waals surface area (Å²) in [5.74, 6) is 0.638. The van der Waals surface area contributed by atoms with Crippen molar-refractivity contribution in [2.45, 2.75) is 27.2 Å². The molecule has 0 spiro atoms. The summed E-state index contributed by atoms with van der Waals surface area (Å²) in [6, 6.07) is 0. The molecule has 0 atom stereocenters. The zero-order chi connectivity index (χ0) is 15.0. The van der Waals surface area contributed by atoms with Crippen LogP contribution in [0.25, 0.3) is 0 Å². The summed E-state index contributed by atoms with van der Waals surface area (Å²) in [5, 5.41) is 6.55. The monoisotopic (exact) mass is 300 g/mol. The van der Waals surface area contributed by atoms with E-state index in [1.165, 1.54) is 11.3 Å². The molecule has 0 aliphatic heterocycles. The topological polar surface area (TPSA) is 89.3 Å². The lowest BCUT2D eigenvalue weighted by molar-refractivity contribution is 0.0929. The van der Waals surface area contributed by atoms with Crippen LogP contribution in [0.2, 0.25) is 0 Å². The van der Waals surface area contributed by atoms with E-state index in [0.29, 0.717) is 29.1 Å². The van der Waals surface area contributed by atoms with Crippen molar-refractivity contribution < 1.29 is 9.53 Å². The zero-order valence-corrected chi connectivity index (χ0v) is 13.2. The van der Waals surface area contributed by atoms with Crippen LogP contribution in [0.4, 0.5) is 10.9 Å². The molecular weight excluding hydrogens is 276 g/mol. The molecule has 0 fully saturated rings. The minimum atomic E-state index is -0.173. The molecule has 0 saturated carbocycles. The van der Waals surface area contributed by atoms with E-state index < -0.39 is 0 Å². The highest BCUT2D eigenvalue weighted by Gasteiger charge is 2.15. The lowest BCUT2D eigenvalue weighted by Crippen LogP contribution is -2.25. The molecule has 20 heavy (non-hydrogen) atoms. The van der Waals surface area contributed by atoms with Crippen LogP contribution in [0.1, 0.15) is 36.9 Å². The Morgan fingerprint density at radius 3 is 2.90 bits per heavy atom. The molecule has 0 unspecified atom stereocenters. The summed E-state index contributed by atoms with van der Waals surface area (Å²) in [4.78, 5) is 16.5. The second-order valence-electron chi connectivity index (χ2n) is 4.84. The summed E-state index contributed by atoms with van der Waals surface area (Å²) in [6.07, 6.45) is 0.789. The summed E-state index contributed by atoms with van der Waals surface area (Å²) in [6.45, 7) is 8.91. The molecule has 1 amide bonds. The van der Waals surface area contributed by atoms with Gasteiger partial charge < -0.3 is 21.1 Å². The normalized spacial score (nSPS) is 10.8. The standard InChI is InChI=1S/C13H24N4O2S/c1-4-15-13-17-11(14)10(20-13)12(18)16-6-5-7-19-8-9(2)3/h9H,4-8,14H2,1-3H3,(H,15,17)(H,16,18). The number of amides is 1. The maximum absolute atomic E-state index is 11.9. The molecule has 114 valence electrons. The van der Waals surface area contributed by atoms with Crippen molar-refractivity contribution in [1.29, 1.82) is 0 Å². The van der Waals surface area contributed by atoms with Crippen molar-refractivity contribution in [3.63, 3.8) is 0 Å². The SMILES string of the molecule is CCNc1nc(N)c(C(=O)NCCCOCC(C)C)s1. The average Bonchev–Trinajstić information content (AvgIpc) is 2.74. The van der Waals surface area contributed by atoms with Gasteiger partial charge in [-0.2, -0.15) is 0 Å². The number of nitrogens with zero attached hydrogens (tertiary/aromatic N) is 1. The van der Waals surface area contributed by atoms with Gasteiger partial charge in [-0.05, 0) is 19.3 Å². The predicted molar refractivity (Wildman–Crippen MR) is 83.3 cm³/mol. The summed E-state index contributed by atoms with van der Waals surface area (Å²) in [7, 11) is 0. The van der Waals surface area contributed by atoms with Crippen LogP contribution in [0.5, 0.6) is 0 Å². The Labute approximate surface area is 124 Å². The highest BCUT2D eigenvalue weighted by Crippen LogP contribution is 2.24. The number of nitrogens with one attached hydrogen (secondary N) is 2. The van der Waals surface area contributed by atoms with Gasteiger partial charge in [0, 0.05) is 26.3 Å². The van der Waals surface area contributed by atoms with Crippen LogP contribution in [-0.2, 0) is 4.74 Å². The minimum absolute atomic E-state index is 0.173. The van der Waals surface area contributed by atoms with Gasteiger partial charge in [0.25, 0.3) is 5.91 Å². The molecule has 1 aromatic heterocycles. The molecule has 0 bridgehead atoms. The van der Waals surface area contributed by atoms with Gasteiger partial charge in [0.2, 0.25) is 0 Å². The maximum atomic E-state index is 11.9. The fourth-order valence-electron chi connectivity index (χ4n) is 1.50. The molecule has 6 nitrogen and oxygen atoms in total. The van der Waals surface area contributed by atoms with Crippen LogP contribution < -0.4 is 16.4 Å². The quantitative estimate of drug-likeness (QED) is 0.607. The molecule has 0 aliphatic carbocycles. The number of anilines is 2. The Bertz CT molecular complexity index is 421. The number of nitrogens with two attached hydrogens (primary N) is 1. The largest absolute Gasteiger partial charge is 0.382 e. The van der Waals surface area contributed by atoms with E-state index in [2.05, 4.69) is 29.5 Å². The Balaban J connectivity index is 2.28. The van der Waals surface area contributed by atoms with Crippen molar-refractivity contribution >= 4 is 28.2 Å². The number of carbonyl (C=O) groups is 1. The van der Waals surface area contributed by atoms with E-state index in [1.54, 1.807) is 0 Å². The molecule has 4 N–H and O–H groups in total. The van der Waals surface area contributed by atoms with Gasteiger partial charge in [-0.25, -0.2) is 4.98 Å². The number of thiazole rings is 1. The number of hydrogen-bond acceptors (Lipinski definition) is 6. The van der Waals surface area contributed by atoms with Crippen LogP contribution in [0.15, 0.2) is 0 Å². The second kappa shape index (κ2) is 8.76. The highest BCUT2D eigenvalue weighted by atomic mass is 32.1. The fraction of sp³-hybridized carbons (Fsp3) is 0.692. The van der Waals surface area contributed by atoms with Crippen molar-refractivity contribution in [2.75, 3.05) is 37.4 Å². The van der Waals surface area contributed by atoms with E-state index in [0.717, 1.165) is 19.6 Å². The number of nitrogen functional groups attached to an aromatic ring is 1. The van der Waals surface area contributed by atoms with Crippen LogP contribution >= 0.6 is 11.3 Å². The van der Waals surface area contributed by atoms with E-state index in [1.807, 2.05) is 6.92 Å². The van der Waals surface area contributed by atoms with Gasteiger partial charge in [0.1, 0.15) is 10.7 Å². The van der Waals surface area contributed by atoms with Crippen molar-refractivity contribution in [3.05, 3.63) is 4.88 Å². The summed E-state index contributed by atoms with van der Waals surface area (Å²) in [5.41, 5.74) is 5.73. The Kier molecular flexibility index (Phi) is 7.32. The Morgan fingerprint density at radius 2 is 2.25 bits per heavy atom. The third-order valence-corrected chi connectivity index (χ3v) is 3.42. The number of ether oxygens (including phenoxy) is 1. The lowest BCUT2D eigenvalue weighted by atomic mass is 10.2. The fourth-order valence-corrected chi connectivity index (χ4v) is 2.37. The average molecular weight is 300 g/mol. The molecular formula is C13H24N4O2S. The lowest BCUT2D eigenvalue weighted by Gasteiger charge is -2.07. The first-order chi connectivity index (χ1) is 9.54. The Morgan fingerprint density at radius 1 is 1.50 bits per heavy atom. The van der Waals surface area contributed by atoms with E-state index >= 15 is 0 Å². The smallest absolute Gasteiger partial charge is 0.265 e. The van der Waals surface area contributed by atoms with Crippen molar-refractivity contribution in [1.82, 2.24) is 10.3 Å². The van der Waals surface area contributed by atoms with Crippen molar-refractivity contribution in [3.8, 4) is 0 Å². The molecule has 0 aromatic carbocycles. The van der Waals surface area contributed by atoms with Gasteiger partial charge in [-0.3, -0.25) is 4.79 Å². The first-order valence-corrected chi connectivity index (χ1v) is 7.72. The van der Waals surface area contributed by atoms with Gasteiger partial charge in [-0.1, -0.05) is 25.2 Å². The van der Waals surface area contributed by atoms with Gasteiger partial charge >= 0.3 is 0 Å². The van der Waals surface area contributed by atoms with E-state index in [9.17, 15) is 4.79 Å². The third kappa shape index (κ3) is 5.75. The summed E-state index contributed by atoms with van der Waals surface area (Å²) >= 11 is 1.27. The number of hydrogen-bond donors (Lipinski definition) is 3. The first kappa shape index (κ1) is 16.7. The third-order valence-electron chi connectivity index (χ3n) is 2.39. The first-order valence-electron chi connectivity index (χ1n) is 6.90. The molecule has 1 aromatic rings. The predicted octanol–water partition coefficient (Wildman–Crippen LogP) is 1.95. The van der Waals surface area contributed by atoms with Crippen LogP contribution in [0, 0.1) is 5.92 Å². The van der Waals surface area contributed by atoms with Gasteiger partial charge in [0.15, 0.2) is 5.13 Å². The second-order valence-corrected chi connectivity index (χ2v) is 5.84. The van der Waals surface area contributed by atoms with E-state index in [-0.39, 0.29) is 11.7 Å². The van der Waals surface area contributed by atoms with E-state index in [4.69, 9.17) is 10.5 Å². The number of carbonyl (C=O) groups excluding carboxylic acids is 1. The molecule has 1 heterocycles. The van der Waals surface area contributed by atoms with Crippen LogP contribution in [0.3, 0.4) is 0 Å².